The number of benzene rings is 1. The molecular formula is C16H17N3O. The first kappa shape index (κ1) is 12.5. The van der Waals surface area contributed by atoms with Crippen LogP contribution in [-0.2, 0) is 4.79 Å². The number of hydrogen-bond donors (Lipinski definition) is 2. The summed E-state index contributed by atoms with van der Waals surface area (Å²) in [6.07, 6.45) is 5.77. The van der Waals surface area contributed by atoms with Crippen LogP contribution in [0.3, 0.4) is 0 Å². The van der Waals surface area contributed by atoms with Crippen LogP contribution in [0.2, 0.25) is 0 Å². The maximum Gasteiger partial charge on any atom is 0.247 e. The van der Waals surface area contributed by atoms with Gasteiger partial charge in [0.15, 0.2) is 0 Å². The predicted octanol–water partition coefficient (Wildman–Crippen LogP) is 2.39. The van der Waals surface area contributed by atoms with E-state index in [9.17, 15) is 4.79 Å². The normalized spacial score (nSPS) is 18.4. The number of nitrogens with one attached hydrogen (secondary N) is 1. The largest absolute Gasteiger partial charge is 0.366 e. The standard InChI is InChI=1S/C16H17N3O/c1-10-15(12-5-3-4-6-14(12)18-10)11-7-8-19(2)9-13(11)16(17)20/h3-9,11,18H,1-2H3,(H2,17,20). The summed E-state index contributed by atoms with van der Waals surface area (Å²) in [6.45, 7) is 2.03. The summed E-state index contributed by atoms with van der Waals surface area (Å²) in [5.74, 6) is -0.476. The van der Waals surface area contributed by atoms with Crippen LogP contribution < -0.4 is 5.73 Å². The molecule has 102 valence electrons. The van der Waals surface area contributed by atoms with Crippen molar-refractivity contribution in [3.8, 4) is 0 Å². The van der Waals surface area contributed by atoms with Crippen molar-refractivity contribution in [3.05, 3.63) is 59.6 Å². The lowest BCUT2D eigenvalue weighted by Gasteiger charge is -2.23. The molecule has 1 amide bonds. The van der Waals surface area contributed by atoms with Gasteiger partial charge < -0.3 is 15.6 Å². The first-order valence-corrected chi connectivity index (χ1v) is 6.57. The van der Waals surface area contributed by atoms with Crippen LogP contribution in [0.5, 0.6) is 0 Å². The third-order valence-corrected chi connectivity index (χ3v) is 3.73. The van der Waals surface area contributed by atoms with Crippen molar-refractivity contribution in [1.82, 2.24) is 9.88 Å². The van der Waals surface area contributed by atoms with Crippen LogP contribution >= 0.6 is 0 Å². The number of para-hydroxylation sites is 1. The summed E-state index contributed by atoms with van der Waals surface area (Å²) in [5.41, 5.74) is 9.42. The second-order valence-corrected chi connectivity index (χ2v) is 5.14. The molecule has 4 heteroatoms. The number of nitrogens with two attached hydrogens (primary N) is 1. The van der Waals surface area contributed by atoms with Gasteiger partial charge in [-0.05, 0) is 18.6 Å². The van der Waals surface area contributed by atoms with E-state index >= 15 is 0 Å². The molecule has 0 fully saturated rings. The fourth-order valence-electron chi connectivity index (χ4n) is 2.84. The van der Waals surface area contributed by atoms with Gasteiger partial charge >= 0.3 is 0 Å². The lowest BCUT2D eigenvalue weighted by atomic mass is 9.87. The van der Waals surface area contributed by atoms with Gasteiger partial charge in [0.1, 0.15) is 0 Å². The van der Waals surface area contributed by atoms with E-state index in [4.69, 9.17) is 5.73 Å². The van der Waals surface area contributed by atoms with Crippen molar-refractivity contribution < 1.29 is 4.79 Å². The highest BCUT2D eigenvalue weighted by Gasteiger charge is 2.25. The highest BCUT2D eigenvalue weighted by Crippen LogP contribution is 2.36. The van der Waals surface area contributed by atoms with Gasteiger partial charge in [0.2, 0.25) is 5.91 Å². The van der Waals surface area contributed by atoms with E-state index in [1.165, 1.54) is 0 Å². The number of aromatic nitrogens is 1. The number of carbonyl (C=O) groups is 1. The number of nitrogens with zero attached hydrogens (tertiary/aromatic N) is 1. The van der Waals surface area contributed by atoms with Crippen molar-refractivity contribution in [1.29, 1.82) is 0 Å². The van der Waals surface area contributed by atoms with Crippen LogP contribution in [0, 0.1) is 6.92 Å². The Kier molecular flexibility index (Phi) is 2.86. The molecule has 0 saturated carbocycles. The Bertz CT molecular complexity index is 739. The maximum atomic E-state index is 11.7. The lowest BCUT2D eigenvalue weighted by molar-refractivity contribution is -0.114. The van der Waals surface area contributed by atoms with E-state index in [2.05, 4.69) is 11.1 Å². The third kappa shape index (κ3) is 1.90. The monoisotopic (exact) mass is 267 g/mol. The molecule has 0 spiro atoms. The number of carbonyl (C=O) groups excluding carboxylic acids is 1. The van der Waals surface area contributed by atoms with Crippen molar-refractivity contribution in [2.24, 2.45) is 5.73 Å². The number of aryl methyl sites for hydroxylation is 1. The SMILES string of the molecule is Cc1[nH]c2ccccc2c1C1C=CN(C)C=C1C(N)=O. The molecule has 1 aliphatic heterocycles. The molecule has 2 heterocycles. The molecule has 4 nitrogen and oxygen atoms in total. The quantitative estimate of drug-likeness (QED) is 0.877. The van der Waals surface area contributed by atoms with Crippen LogP contribution in [0.1, 0.15) is 17.2 Å². The average Bonchev–Trinajstić information content (AvgIpc) is 2.74. The van der Waals surface area contributed by atoms with E-state index in [1.807, 2.05) is 49.3 Å². The molecular weight excluding hydrogens is 250 g/mol. The highest BCUT2D eigenvalue weighted by atomic mass is 16.1. The molecule has 1 aliphatic rings. The fourth-order valence-corrected chi connectivity index (χ4v) is 2.84. The number of rotatable bonds is 2. The number of hydrogen-bond acceptors (Lipinski definition) is 2. The first-order valence-electron chi connectivity index (χ1n) is 6.57. The number of amides is 1. The minimum atomic E-state index is -0.379. The van der Waals surface area contributed by atoms with Crippen molar-refractivity contribution in [2.75, 3.05) is 7.05 Å². The van der Waals surface area contributed by atoms with Crippen molar-refractivity contribution in [3.63, 3.8) is 0 Å². The molecule has 0 radical (unpaired) electrons. The molecule has 2 aromatic rings. The van der Waals surface area contributed by atoms with Gasteiger partial charge in [-0.3, -0.25) is 4.79 Å². The summed E-state index contributed by atoms with van der Waals surface area (Å²) in [4.78, 5) is 17.0. The summed E-state index contributed by atoms with van der Waals surface area (Å²) in [6, 6.07) is 8.11. The van der Waals surface area contributed by atoms with Crippen LogP contribution in [0.25, 0.3) is 10.9 Å². The Labute approximate surface area is 117 Å². The van der Waals surface area contributed by atoms with Gasteiger partial charge in [0.25, 0.3) is 0 Å². The van der Waals surface area contributed by atoms with E-state index < -0.39 is 0 Å². The Morgan fingerprint density at radius 3 is 2.85 bits per heavy atom. The van der Waals surface area contributed by atoms with Gasteiger partial charge in [-0.15, -0.1) is 0 Å². The molecule has 0 bridgehead atoms. The lowest BCUT2D eigenvalue weighted by Crippen LogP contribution is -2.24. The molecule has 1 aromatic carbocycles. The zero-order valence-corrected chi connectivity index (χ0v) is 11.6. The summed E-state index contributed by atoms with van der Waals surface area (Å²) >= 11 is 0. The molecule has 3 rings (SSSR count). The van der Waals surface area contributed by atoms with Gasteiger partial charge in [-0.25, -0.2) is 0 Å². The van der Waals surface area contributed by atoms with E-state index in [1.54, 1.807) is 6.20 Å². The van der Waals surface area contributed by atoms with Crippen LogP contribution in [0.4, 0.5) is 0 Å². The summed E-state index contributed by atoms with van der Waals surface area (Å²) < 4.78 is 0. The molecule has 20 heavy (non-hydrogen) atoms. The second-order valence-electron chi connectivity index (χ2n) is 5.14. The van der Waals surface area contributed by atoms with Crippen LogP contribution in [-0.4, -0.2) is 22.8 Å². The van der Waals surface area contributed by atoms with Gasteiger partial charge in [-0.1, -0.05) is 24.3 Å². The van der Waals surface area contributed by atoms with Crippen molar-refractivity contribution in [2.45, 2.75) is 12.8 Å². The fraction of sp³-hybridized carbons (Fsp3) is 0.188. The van der Waals surface area contributed by atoms with Gasteiger partial charge in [0.05, 0.1) is 0 Å². The van der Waals surface area contributed by atoms with Crippen LogP contribution in [0.15, 0.2) is 48.3 Å². The molecule has 1 aromatic heterocycles. The molecule has 0 aliphatic carbocycles. The molecule has 1 atom stereocenters. The Hall–Kier alpha value is -2.49. The molecule has 0 saturated heterocycles. The second kappa shape index (κ2) is 4.56. The summed E-state index contributed by atoms with van der Waals surface area (Å²) in [5, 5.41) is 1.14. The number of H-pyrrole nitrogens is 1. The number of aromatic amines is 1. The minimum Gasteiger partial charge on any atom is -0.366 e. The zero-order valence-electron chi connectivity index (χ0n) is 11.6. The van der Waals surface area contributed by atoms with Gasteiger partial charge in [-0.2, -0.15) is 0 Å². The first-order chi connectivity index (χ1) is 9.58. The summed E-state index contributed by atoms with van der Waals surface area (Å²) in [7, 11) is 1.89. The Morgan fingerprint density at radius 1 is 1.35 bits per heavy atom. The van der Waals surface area contributed by atoms with Crippen molar-refractivity contribution >= 4 is 16.8 Å². The highest BCUT2D eigenvalue weighted by molar-refractivity contribution is 5.96. The van der Waals surface area contributed by atoms with E-state index in [0.29, 0.717) is 5.57 Å². The number of fused-ring (bicyclic) bond motifs is 1. The number of primary amides is 1. The zero-order chi connectivity index (χ0) is 14.3. The average molecular weight is 267 g/mol. The minimum absolute atomic E-state index is 0.0974. The topological polar surface area (TPSA) is 62.1 Å². The molecule has 3 N–H and O–H groups in total. The Morgan fingerprint density at radius 2 is 2.10 bits per heavy atom. The smallest absolute Gasteiger partial charge is 0.247 e. The van der Waals surface area contributed by atoms with E-state index in [0.717, 1.165) is 22.2 Å². The Balaban J connectivity index is 2.19. The predicted molar refractivity (Wildman–Crippen MR) is 80.0 cm³/mol. The number of allylic oxidation sites excluding steroid dienone is 1. The molecule has 1 unspecified atom stereocenters. The third-order valence-electron chi connectivity index (χ3n) is 3.73. The van der Waals surface area contributed by atoms with Gasteiger partial charge in [0, 0.05) is 47.5 Å². The maximum absolute atomic E-state index is 11.7. The van der Waals surface area contributed by atoms with E-state index in [-0.39, 0.29) is 11.8 Å².